The molecule has 0 fully saturated rings. The van der Waals surface area contributed by atoms with Gasteiger partial charge in [-0.3, -0.25) is 4.79 Å². The van der Waals surface area contributed by atoms with Crippen LogP contribution < -0.4 is 16.4 Å². The molecular formula is C12H18N4O2S. The molecule has 104 valence electrons. The van der Waals surface area contributed by atoms with Crippen LogP contribution in [0, 0.1) is 6.92 Å². The predicted octanol–water partition coefficient (Wildman–Crippen LogP) is 0.199. The molecule has 0 saturated carbocycles. The molecular weight excluding hydrogens is 264 g/mol. The molecule has 0 atom stereocenters. The van der Waals surface area contributed by atoms with Crippen LogP contribution in [-0.2, 0) is 9.53 Å². The van der Waals surface area contributed by atoms with Crippen LogP contribution >= 0.6 is 12.2 Å². The van der Waals surface area contributed by atoms with Crippen LogP contribution in [0.25, 0.3) is 0 Å². The van der Waals surface area contributed by atoms with E-state index in [0.29, 0.717) is 24.5 Å². The summed E-state index contributed by atoms with van der Waals surface area (Å²) in [5, 5.41) is 5.63. The second-order valence-electron chi connectivity index (χ2n) is 3.91. The lowest BCUT2D eigenvalue weighted by Crippen LogP contribution is -2.32. The molecule has 1 amide bonds. The van der Waals surface area contributed by atoms with Crippen molar-refractivity contribution in [2.24, 2.45) is 5.73 Å². The molecule has 0 aromatic carbocycles. The number of ether oxygens (including phenoxy) is 1. The van der Waals surface area contributed by atoms with Gasteiger partial charge in [-0.05, 0) is 18.6 Å². The molecule has 0 spiro atoms. The van der Waals surface area contributed by atoms with Gasteiger partial charge in [0.25, 0.3) is 0 Å². The smallest absolute Gasteiger partial charge is 0.239 e. The first kappa shape index (κ1) is 15.3. The number of nitrogens with zero attached hydrogens (tertiary/aromatic N) is 1. The molecule has 0 unspecified atom stereocenters. The highest BCUT2D eigenvalue weighted by Crippen LogP contribution is 2.15. The van der Waals surface area contributed by atoms with Gasteiger partial charge in [0.15, 0.2) is 0 Å². The Morgan fingerprint density at radius 1 is 1.58 bits per heavy atom. The monoisotopic (exact) mass is 282 g/mol. The number of anilines is 1. The minimum Gasteiger partial charge on any atom is -0.389 e. The molecule has 0 aliphatic rings. The largest absolute Gasteiger partial charge is 0.389 e. The van der Waals surface area contributed by atoms with E-state index >= 15 is 0 Å². The molecule has 1 aromatic heterocycles. The maximum atomic E-state index is 11.5. The lowest BCUT2D eigenvalue weighted by molar-refractivity contribution is -0.119. The lowest BCUT2D eigenvalue weighted by Gasteiger charge is -2.12. The summed E-state index contributed by atoms with van der Waals surface area (Å²) < 4.78 is 4.84. The Bertz CT molecular complexity index is 465. The van der Waals surface area contributed by atoms with Crippen molar-refractivity contribution >= 4 is 28.9 Å². The highest BCUT2D eigenvalue weighted by Gasteiger charge is 2.10. The number of hydrogen-bond donors (Lipinski definition) is 3. The van der Waals surface area contributed by atoms with Crippen molar-refractivity contribution in [2.45, 2.75) is 6.92 Å². The second-order valence-corrected chi connectivity index (χ2v) is 4.35. The normalized spacial score (nSPS) is 10.0. The van der Waals surface area contributed by atoms with Gasteiger partial charge in [0.2, 0.25) is 5.91 Å². The van der Waals surface area contributed by atoms with E-state index in [-0.39, 0.29) is 17.4 Å². The first-order chi connectivity index (χ1) is 9.06. The van der Waals surface area contributed by atoms with Crippen LogP contribution in [-0.4, -0.2) is 42.7 Å². The molecule has 7 heteroatoms. The standard InChI is InChI=1S/C12H18N4O2S/c1-8-3-4-15-12(10(8)11(13)19)16-7-9(17)14-5-6-18-2/h3-4H,5-7H2,1-2H3,(H2,13,19)(H,14,17)(H,15,16). The summed E-state index contributed by atoms with van der Waals surface area (Å²) in [4.78, 5) is 15.9. The van der Waals surface area contributed by atoms with Crippen molar-refractivity contribution in [3.63, 3.8) is 0 Å². The van der Waals surface area contributed by atoms with Gasteiger partial charge < -0.3 is 21.1 Å². The fourth-order valence-electron chi connectivity index (χ4n) is 1.52. The molecule has 0 aliphatic carbocycles. The third kappa shape index (κ3) is 4.80. The second kappa shape index (κ2) is 7.65. The molecule has 4 N–H and O–H groups in total. The Morgan fingerprint density at radius 3 is 2.95 bits per heavy atom. The summed E-state index contributed by atoms with van der Waals surface area (Å²) in [5.41, 5.74) is 7.24. The van der Waals surface area contributed by atoms with E-state index in [9.17, 15) is 4.79 Å². The van der Waals surface area contributed by atoms with Crippen molar-refractivity contribution in [1.29, 1.82) is 0 Å². The first-order valence-corrected chi connectivity index (χ1v) is 6.22. The number of rotatable bonds is 7. The van der Waals surface area contributed by atoms with Gasteiger partial charge in [0.1, 0.15) is 10.8 Å². The topological polar surface area (TPSA) is 89.3 Å². The third-order valence-electron chi connectivity index (χ3n) is 2.45. The number of aromatic nitrogens is 1. The molecule has 0 radical (unpaired) electrons. The zero-order valence-electron chi connectivity index (χ0n) is 11.0. The molecule has 0 aliphatic heterocycles. The third-order valence-corrected chi connectivity index (χ3v) is 2.65. The lowest BCUT2D eigenvalue weighted by atomic mass is 10.1. The van der Waals surface area contributed by atoms with Crippen LogP contribution in [0.3, 0.4) is 0 Å². The average molecular weight is 282 g/mol. The number of carbonyl (C=O) groups is 1. The SMILES string of the molecule is COCCNC(=O)CNc1nccc(C)c1C(N)=S. The quantitative estimate of drug-likeness (QED) is 0.489. The van der Waals surface area contributed by atoms with Crippen LogP contribution in [0.5, 0.6) is 0 Å². The molecule has 0 saturated heterocycles. The number of pyridine rings is 1. The van der Waals surface area contributed by atoms with Crippen molar-refractivity contribution < 1.29 is 9.53 Å². The first-order valence-electron chi connectivity index (χ1n) is 5.81. The maximum absolute atomic E-state index is 11.5. The molecule has 1 heterocycles. The summed E-state index contributed by atoms with van der Waals surface area (Å²) >= 11 is 4.98. The number of methoxy groups -OCH3 is 1. The van der Waals surface area contributed by atoms with E-state index < -0.39 is 0 Å². The Kier molecular flexibility index (Phi) is 6.17. The molecule has 19 heavy (non-hydrogen) atoms. The van der Waals surface area contributed by atoms with Crippen LogP contribution in [0.15, 0.2) is 12.3 Å². The zero-order valence-corrected chi connectivity index (χ0v) is 11.8. The Morgan fingerprint density at radius 2 is 2.32 bits per heavy atom. The fourth-order valence-corrected chi connectivity index (χ4v) is 1.78. The number of carbonyl (C=O) groups excluding carboxylic acids is 1. The maximum Gasteiger partial charge on any atom is 0.239 e. The number of amides is 1. The average Bonchev–Trinajstić information content (AvgIpc) is 2.36. The zero-order chi connectivity index (χ0) is 14.3. The molecule has 1 aromatic rings. The van der Waals surface area contributed by atoms with Gasteiger partial charge in [0, 0.05) is 19.9 Å². The van der Waals surface area contributed by atoms with E-state index in [1.54, 1.807) is 13.3 Å². The molecule has 0 bridgehead atoms. The predicted molar refractivity (Wildman–Crippen MR) is 78.2 cm³/mol. The number of nitrogens with one attached hydrogen (secondary N) is 2. The van der Waals surface area contributed by atoms with E-state index in [1.165, 1.54) is 0 Å². The van der Waals surface area contributed by atoms with Gasteiger partial charge >= 0.3 is 0 Å². The van der Waals surface area contributed by atoms with Gasteiger partial charge in [-0.15, -0.1) is 0 Å². The van der Waals surface area contributed by atoms with Crippen LogP contribution in [0.1, 0.15) is 11.1 Å². The Balaban J connectivity index is 2.60. The Labute approximate surface area is 117 Å². The number of thiocarbonyl (C=S) groups is 1. The fraction of sp³-hybridized carbons (Fsp3) is 0.417. The van der Waals surface area contributed by atoms with Crippen molar-refractivity contribution in [2.75, 3.05) is 32.1 Å². The van der Waals surface area contributed by atoms with Crippen LogP contribution in [0.4, 0.5) is 5.82 Å². The molecule has 6 nitrogen and oxygen atoms in total. The molecule has 1 rings (SSSR count). The van der Waals surface area contributed by atoms with Crippen LogP contribution in [0.2, 0.25) is 0 Å². The summed E-state index contributed by atoms with van der Waals surface area (Å²) in [5.74, 6) is 0.378. The summed E-state index contributed by atoms with van der Waals surface area (Å²) in [6, 6.07) is 1.82. The Hall–Kier alpha value is -1.73. The highest BCUT2D eigenvalue weighted by molar-refractivity contribution is 7.80. The number of hydrogen-bond acceptors (Lipinski definition) is 5. The van der Waals surface area contributed by atoms with Gasteiger partial charge in [-0.2, -0.15) is 0 Å². The summed E-state index contributed by atoms with van der Waals surface area (Å²) in [6.07, 6.45) is 1.64. The summed E-state index contributed by atoms with van der Waals surface area (Å²) in [7, 11) is 1.58. The van der Waals surface area contributed by atoms with Gasteiger partial charge in [0.05, 0.1) is 18.7 Å². The summed E-state index contributed by atoms with van der Waals surface area (Å²) in [6.45, 7) is 2.95. The minimum absolute atomic E-state index is 0.107. The van der Waals surface area contributed by atoms with E-state index in [2.05, 4.69) is 15.6 Å². The highest BCUT2D eigenvalue weighted by atomic mass is 32.1. The van der Waals surface area contributed by atoms with E-state index in [4.69, 9.17) is 22.7 Å². The van der Waals surface area contributed by atoms with Crippen molar-refractivity contribution in [3.8, 4) is 0 Å². The number of nitrogens with two attached hydrogens (primary N) is 1. The van der Waals surface area contributed by atoms with Crippen molar-refractivity contribution in [3.05, 3.63) is 23.4 Å². The van der Waals surface area contributed by atoms with Gasteiger partial charge in [-0.25, -0.2) is 4.98 Å². The van der Waals surface area contributed by atoms with Crippen molar-refractivity contribution in [1.82, 2.24) is 10.3 Å². The van der Waals surface area contributed by atoms with Gasteiger partial charge in [-0.1, -0.05) is 12.2 Å². The van der Waals surface area contributed by atoms with E-state index in [0.717, 1.165) is 5.56 Å². The minimum atomic E-state index is -0.144. The van der Waals surface area contributed by atoms with E-state index in [1.807, 2.05) is 13.0 Å². The number of aryl methyl sites for hydroxylation is 1.